The van der Waals surface area contributed by atoms with E-state index in [4.69, 9.17) is 14.2 Å². The monoisotopic (exact) mass is 823 g/mol. The van der Waals surface area contributed by atoms with Gasteiger partial charge in [-0.25, -0.2) is 18.2 Å². The van der Waals surface area contributed by atoms with Crippen LogP contribution in [0.3, 0.4) is 0 Å². The fraction of sp³-hybridized carbons (Fsp3) is 0.605. The molecule has 2 aliphatic carbocycles. The van der Waals surface area contributed by atoms with Crippen molar-refractivity contribution in [2.75, 3.05) is 13.7 Å². The van der Waals surface area contributed by atoms with Crippen molar-refractivity contribution in [1.29, 1.82) is 0 Å². The average Bonchev–Trinajstić information content (AvgIpc) is 4.07. The number of aromatic nitrogens is 1. The van der Waals surface area contributed by atoms with Crippen molar-refractivity contribution in [3.05, 3.63) is 42.6 Å². The normalized spacial score (nSPS) is 29.2. The zero-order chi connectivity index (χ0) is 41.7. The minimum atomic E-state index is -5.14. The molecular formula is C38H48F3N5O10S. The number of allylic oxidation sites excluding steroid dienone is 1. The van der Waals surface area contributed by atoms with Gasteiger partial charge in [0.2, 0.25) is 27.7 Å². The Morgan fingerprint density at radius 1 is 1.18 bits per heavy atom. The molecule has 312 valence electrons. The number of alkyl halides is 3. The third-order valence-electron chi connectivity index (χ3n) is 11.3. The maximum atomic E-state index is 15.0. The molecule has 2 saturated carbocycles. The Hall–Kier alpha value is -4.65. The van der Waals surface area contributed by atoms with Gasteiger partial charge in [0.1, 0.15) is 35.0 Å². The van der Waals surface area contributed by atoms with Gasteiger partial charge in [-0.3, -0.25) is 24.0 Å². The SMILES string of the molecule is CC[C@@H]1O[C@H](C)CC/C=C\[C@@H]2C[C@@]2(C(=O)NS(=O)(=O)C2CC2)NC(=O)[C@@H]2C[C@@H](Oc3nccc4cc(OC)ccc34)CN2C(=O)[C@H]1N(C(=O)O)C(C)(C)C(F)(F)F. The first kappa shape index (κ1) is 42.0. The summed E-state index contributed by atoms with van der Waals surface area (Å²) < 4.78 is 89.8. The molecule has 1 aromatic heterocycles. The second-order valence-electron chi connectivity index (χ2n) is 15.7. The molecule has 1 saturated heterocycles. The molecule has 19 heteroatoms. The first-order chi connectivity index (χ1) is 26.7. The largest absolute Gasteiger partial charge is 0.497 e. The number of hydrogen-bond donors (Lipinski definition) is 3. The fourth-order valence-electron chi connectivity index (χ4n) is 7.65. The number of ether oxygens (including phenoxy) is 3. The summed E-state index contributed by atoms with van der Waals surface area (Å²) in [4.78, 5) is 61.6. The molecule has 1 aromatic carbocycles. The topological polar surface area (TPSA) is 194 Å². The molecule has 3 fully saturated rings. The van der Waals surface area contributed by atoms with Crippen LogP contribution in [0.25, 0.3) is 10.8 Å². The van der Waals surface area contributed by atoms with Gasteiger partial charge in [0.05, 0.1) is 31.1 Å². The van der Waals surface area contributed by atoms with Gasteiger partial charge >= 0.3 is 12.3 Å². The summed E-state index contributed by atoms with van der Waals surface area (Å²) >= 11 is 0. The maximum Gasteiger partial charge on any atom is 0.411 e. The van der Waals surface area contributed by atoms with E-state index in [1.54, 1.807) is 50.3 Å². The van der Waals surface area contributed by atoms with E-state index in [9.17, 15) is 45.9 Å². The smallest absolute Gasteiger partial charge is 0.411 e. The molecule has 57 heavy (non-hydrogen) atoms. The fourth-order valence-corrected chi connectivity index (χ4v) is 9.01. The van der Waals surface area contributed by atoms with Gasteiger partial charge in [-0.2, -0.15) is 13.2 Å². The van der Waals surface area contributed by atoms with Crippen molar-refractivity contribution in [3.63, 3.8) is 0 Å². The zero-order valence-corrected chi connectivity index (χ0v) is 33.1. The molecule has 7 atom stereocenters. The van der Waals surface area contributed by atoms with E-state index in [2.05, 4.69) is 15.0 Å². The second kappa shape index (κ2) is 15.6. The number of rotatable bonds is 9. The lowest BCUT2D eigenvalue weighted by Gasteiger charge is -2.45. The molecule has 4 aliphatic rings. The highest BCUT2D eigenvalue weighted by molar-refractivity contribution is 7.91. The van der Waals surface area contributed by atoms with Gasteiger partial charge < -0.3 is 29.5 Å². The van der Waals surface area contributed by atoms with Crippen LogP contribution in [0.15, 0.2) is 42.6 Å². The number of carbonyl (C=O) groups is 4. The third-order valence-corrected chi connectivity index (χ3v) is 13.1. The van der Waals surface area contributed by atoms with Crippen LogP contribution in [0.2, 0.25) is 0 Å². The van der Waals surface area contributed by atoms with Gasteiger partial charge in [-0.15, -0.1) is 0 Å². The minimum absolute atomic E-state index is 0.0321. The number of carboxylic acid groups (broad SMARTS) is 1. The lowest BCUT2D eigenvalue weighted by Crippen LogP contribution is -2.68. The van der Waals surface area contributed by atoms with E-state index in [1.165, 1.54) is 13.3 Å². The van der Waals surface area contributed by atoms with Crippen LogP contribution in [0, 0.1) is 5.92 Å². The van der Waals surface area contributed by atoms with E-state index >= 15 is 0 Å². The first-order valence-electron chi connectivity index (χ1n) is 18.9. The Kier molecular flexibility index (Phi) is 11.5. The molecule has 6 rings (SSSR count). The molecule has 0 unspecified atom stereocenters. The quantitative estimate of drug-likeness (QED) is 0.306. The van der Waals surface area contributed by atoms with E-state index in [-0.39, 0.29) is 30.0 Å². The number of pyridine rings is 1. The standard InChI is InChI=1S/C38H48F3N5O10S/c1-6-29-30(46(35(50)51)36(3,4)38(39,40)41)33(48)45-20-25(56-32-27-14-11-24(54-5)17-22(27)15-16-42-32)18-28(45)31(47)43-37(34(49)44-57(52,53)26-12-13-26)19-23(37)10-8-7-9-21(2)55-29/h8,10-11,14-17,21,23,25-26,28-30H,6-7,9,12-13,18-20H2,1-5H3,(H,43,47)(H,44,49)(H,50,51)/b10-8-/t21-,23-,25-,28+,29+,30+,37-/m1/s1. The Labute approximate surface area is 328 Å². The summed E-state index contributed by atoms with van der Waals surface area (Å²) in [6.45, 7) is 4.11. The summed E-state index contributed by atoms with van der Waals surface area (Å²) in [5.41, 5.74) is -4.83. The lowest BCUT2D eigenvalue weighted by molar-refractivity contribution is -0.226. The summed E-state index contributed by atoms with van der Waals surface area (Å²) in [5, 5.41) is 13.7. The molecule has 15 nitrogen and oxygen atoms in total. The van der Waals surface area contributed by atoms with Crippen LogP contribution < -0.4 is 19.5 Å². The number of fused-ring (bicyclic) bond motifs is 3. The average molecular weight is 824 g/mol. The Morgan fingerprint density at radius 2 is 1.89 bits per heavy atom. The molecule has 0 bridgehead atoms. The molecule has 2 aliphatic heterocycles. The predicted molar refractivity (Wildman–Crippen MR) is 199 cm³/mol. The number of amides is 4. The van der Waals surface area contributed by atoms with Crippen molar-refractivity contribution in [1.82, 2.24) is 24.8 Å². The van der Waals surface area contributed by atoms with Crippen molar-refractivity contribution in [3.8, 4) is 11.6 Å². The van der Waals surface area contributed by atoms with Crippen molar-refractivity contribution >= 4 is 44.6 Å². The van der Waals surface area contributed by atoms with Gasteiger partial charge in [0, 0.05) is 23.9 Å². The highest BCUT2D eigenvalue weighted by atomic mass is 32.2. The highest BCUT2D eigenvalue weighted by Crippen LogP contribution is 2.46. The van der Waals surface area contributed by atoms with Crippen molar-refractivity contribution in [2.45, 2.75) is 126 Å². The number of benzene rings is 1. The maximum absolute atomic E-state index is 15.0. The van der Waals surface area contributed by atoms with Crippen LogP contribution in [0.1, 0.15) is 72.6 Å². The van der Waals surface area contributed by atoms with Crippen LogP contribution in [-0.4, -0.2) is 119 Å². The number of sulfonamides is 1. The number of methoxy groups -OCH3 is 1. The minimum Gasteiger partial charge on any atom is -0.497 e. The second-order valence-corrected chi connectivity index (χ2v) is 17.6. The Bertz CT molecular complexity index is 2040. The number of nitrogens with one attached hydrogen (secondary N) is 2. The number of halogens is 3. The predicted octanol–water partition coefficient (Wildman–Crippen LogP) is 4.30. The van der Waals surface area contributed by atoms with E-state index in [0.717, 1.165) is 4.90 Å². The molecule has 3 N–H and O–H groups in total. The molecule has 0 spiro atoms. The van der Waals surface area contributed by atoms with E-state index in [1.807, 2.05) is 0 Å². The number of nitrogens with zero attached hydrogens (tertiary/aromatic N) is 3. The number of carbonyl (C=O) groups excluding carboxylic acids is 3. The molecule has 3 heterocycles. The van der Waals surface area contributed by atoms with Crippen LogP contribution >= 0.6 is 0 Å². The van der Waals surface area contributed by atoms with Crippen molar-refractivity contribution < 1.29 is 60.1 Å². The summed E-state index contributed by atoms with van der Waals surface area (Å²) in [6, 6.07) is 3.23. The van der Waals surface area contributed by atoms with Crippen LogP contribution in [-0.2, 0) is 29.1 Å². The molecule has 4 amide bonds. The molecular weight excluding hydrogens is 776 g/mol. The van der Waals surface area contributed by atoms with E-state index < -0.39 is 99.2 Å². The molecule has 0 radical (unpaired) electrons. The van der Waals surface area contributed by atoms with Gasteiger partial charge in [0.25, 0.3) is 5.91 Å². The van der Waals surface area contributed by atoms with Crippen molar-refractivity contribution in [2.24, 2.45) is 5.92 Å². The summed E-state index contributed by atoms with van der Waals surface area (Å²) in [7, 11) is -2.53. The Balaban J connectivity index is 1.43. The van der Waals surface area contributed by atoms with Gasteiger partial charge in [-0.1, -0.05) is 19.1 Å². The van der Waals surface area contributed by atoms with Crippen LogP contribution in [0.4, 0.5) is 18.0 Å². The molecule has 2 aromatic rings. The zero-order valence-electron chi connectivity index (χ0n) is 32.2. The summed E-state index contributed by atoms with van der Waals surface area (Å²) in [6.07, 6.45) is -4.25. The van der Waals surface area contributed by atoms with Gasteiger partial charge in [-0.05, 0) is 88.9 Å². The highest BCUT2D eigenvalue weighted by Gasteiger charge is 2.63. The lowest BCUT2D eigenvalue weighted by atomic mass is 9.95. The Morgan fingerprint density at radius 3 is 2.53 bits per heavy atom. The van der Waals surface area contributed by atoms with E-state index in [0.29, 0.717) is 56.1 Å². The summed E-state index contributed by atoms with van der Waals surface area (Å²) in [5.74, 6) is -2.96. The first-order valence-corrected chi connectivity index (χ1v) is 20.5. The third kappa shape index (κ3) is 8.35. The van der Waals surface area contributed by atoms with Gasteiger partial charge in [0.15, 0.2) is 0 Å². The van der Waals surface area contributed by atoms with Crippen LogP contribution in [0.5, 0.6) is 11.6 Å². The number of hydrogen-bond acceptors (Lipinski definition) is 10.